The molecule has 1 amide bonds. The van der Waals surface area contributed by atoms with E-state index in [4.69, 9.17) is 9.47 Å². The first-order valence-electron chi connectivity index (χ1n) is 10.1. The van der Waals surface area contributed by atoms with Crippen LogP contribution in [0.2, 0.25) is 0 Å². The Morgan fingerprint density at radius 3 is 2.19 bits per heavy atom. The van der Waals surface area contributed by atoms with Gasteiger partial charge in [-0.05, 0) is 46.0 Å². The van der Waals surface area contributed by atoms with E-state index >= 15 is 0 Å². The number of benzene rings is 3. The van der Waals surface area contributed by atoms with Crippen molar-refractivity contribution in [3.05, 3.63) is 89.5 Å². The summed E-state index contributed by atoms with van der Waals surface area (Å²) in [5.74, 6) is 0.209. The van der Waals surface area contributed by atoms with Gasteiger partial charge in [0, 0.05) is 6.08 Å². The van der Waals surface area contributed by atoms with Crippen LogP contribution in [0.25, 0.3) is 17.2 Å². The van der Waals surface area contributed by atoms with E-state index in [0.29, 0.717) is 11.5 Å². The average molecular weight is 429 g/mol. The Bertz CT molecular complexity index is 1140. The number of amides is 1. The van der Waals surface area contributed by atoms with Gasteiger partial charge in [0.1, 0.15) is 0 Å². The van der Waals surface area contributed by atoms with Crippen molar-refractivity contribution in [2.75, 3.05) is 20.8 Å². The van der Waals surface area contributed by atoms with E-state index in [2.05, 4.69) is 22.2 Å². The molecule has 1 N–H and O–H groups in total. The summed E-state index contributed by atoms with van der Waals surface area (Å²) < 4.78 is 15.7. The molecule has 0 saturated heterocycles. The van der Waals surface area contributed by atoms with Crippen LogP contribution >= 0.6 is 0 Å². The zero-order valence-electron chi connectivity index (χ0n) is 17.8. The van der Waals surface area contributed by atoms with Crippen LogP contribution in [-0.2, 0) is 14.3 Å². The summed E-state index contributed by atoms with van der Waals surface area (Å²) in [7, 11) is 2.83. The van der Waals surface area contributed by atoms with Crippen LogP contribution in [0.5, 0.6) is 11.5 Å². The van der Waals surface area contributed by atoms with Crippen molar-refractivity contribution in [3.63, 3.8) is 0 Å². The van der Waals surface area contributed by atoms with E-state index < -0.39 is 5.97 Å². The lowest BCUT2D eigenvalue weighted by Crippen LogP contribution is -2.32. The number of nitrogens with one attached hydrogen (secondary N) is 1. The van der Waals surface area contributed by atoms with Gasteiger partial charge in [-0.25, -0.2) is 4.79 Å². The van der Waals surface area contributed by atoms with Gasteiger partial charge < -0.3 is 19.5 Å². The molecule has 3 aromatic carbocycles. The number of carbonyl (C=O) groups is 2. The van der Waals surface area contributed by atoms with Crippen LogP contribution in [0, 0.1) is 0 Å². The molecule has 0 bridgehead atoms. The smallest absolute Gasteiger partial charge is 0.330 e. The summed E-state index contributed by atoms with van der Waals surface area (Å²) in [6.07, 6.45) is 2.93. The maximum Gasteiger partial charge on any atom is 0.330 e. The van der Waals surface area contributed by atoms with E-state index in [9.17, 15) is 9.59 Å². The van der Waals surface area contributed by atoms with E-state index in [1.54, 1.807) is 24.3 Å². The maximum absolute atomic E-state index is 12.7. The summed E-state index contributed by atoms with van der Waals surface area (Å²) in [4.78, 5) is 24.0. The molecule has 4 rings (SSSR count). The minimum absolute atomic E-state index is 0.158. The van der Waals surface area contributed by atoms with Crippen LogP contribution in [0.4, 0.5) is 0 Å². The predicted octanol–water partition coefficient (Wildman–Crippen LogP) is 4.15. The average Bonchev–Trinajstić information content (AvgIpc) is 3.15. The summed E-state index contributed by atoms with van der Waals surface area (Å²) in [5, 5.41) is 3.08. The second-order valence-corrected chi connectivity index (χ2v) is 7.23. The third-order valence-electron chi connectivity index (χ3n) is 5.30. The van der Waals surface area contributed by atoms with E-state index in [1.165, 1.54) is 20.3 Å². The highest BCUT2D eigenvalue weighted by molar-refractivity contribution is 5.87. The van der Waals surface area contributed by atoms with Gasteiger partial charge in [-0.15, -0.1) is 0 Å². The van der Waals surface area contributed by atoms with Gasteiger partial charge in [-0.2, -0.15) is 0 Å². The molecule has 0 saturated carbocycles. The molecule has 162 valence electrons. The largest absolute Gasteiger partial charge is 0.493 e. The van der Waals surface area contributed by atoms with Gasteiger partial charge >= 0.3 is 5.97 Å². The Hall–Kier alpha value is -4.06. The zero-order valence-corrected chi connectivity index (χ0v) is 17.8. The summed E-state index contributed by atoms with van der Waals surface area (Å²) in [6.45, 7) is -0.158. The van der Waals surface area contributed by atoms with Crippen LogP contribution in [0.3, 0.4) is 0 Å². The standard InChI is InChI=1S/C26H23NO5/c1-30-23-15-17(12-14-25(29)31-2)11-13-22(23)32-16-24(28)27-26-20-9-5-3-7-18(20)19-8-4-6-10-21(19)26/h3-15,26H,16H2,1-2H3,(H,27,28). The number of ether oxygens (including phenoxy) is 3. The number of esters is 1. The fraction of sp³-hybridized carbons (Fsp3) is 0.154. The Morgan fingerprint density at radius 1 is 0.906 bits per heavy atom. The van der Waals surface area contributed by atoms with Crippen molar-refractivity contribution < 1.29 is 23.8 Å². The lowest BCUT2D eigenvalue weighted by molar-refractivity contribution is -0.134. The Kier molecular flexibility index (Phi) is 6.22. The molecular formula is C26H23NO5. The number of methoxy groups -OCH3 is 2. The molecule has 0 unspecified atom stereocenters. The first-order valence-corrected chi connectivity index (χ1v) is 10.1. The second-order valence-electron chi connectivity index (χ2n) is 7.23. The Labute approximate surface area is 186 Å². The minimum Gasteiger partial charge on any atom is -0.493 e. The highest BCUT2D eigenvalue weighted by atomic mass is 16.5. The van der Waals surface area contributed by atoms with Crippen molar-refractivity contribution >= 4 is 18.0 Å². The first-order chi connectivity index (χ1) is 15.6. The van der Waals surface area contributed by atoms with E-state index in [-0.39, 0.29) is 18.6 Å². The normalized spacial score (nSPS) is 12.2. The molecule has 0 atom stereocenters. The molecule has 0 aliphatic heterocycles. The molecule has 6 heteroatoms. The highest BCUT2D eigenvalue weighted by Gasteiger charge is 2.29. The number of fused-ring (bicyclic) bond motifs is 3. The monoisotopic (exact) mass is 429 g/mol. The molecule has 1 aliphatic rings. The van der Waals surface area contributed by atoms with Gasteiger partial charge in [0.2, 0.25) is 0 Å². The fourth-order valence-corrected chi connectivity index (χ4v) is 3.80. The van der Waals surface area contributed by atoms with Crippen LogP contribution in [0.15, 0.2) is 72.8 Å². The van der Waals surface area contributed by atoms with Gasteiger partial charge in [-0.1, -0.05) is 54.6 Å². The highest BCUT2D eigenvalue weighted by Crippen LogP contribution is 2.43. The molecule has 0 spiro atoms. The first kappa shape index (κ1) is 21.2. The van der Waals surface area contributed by atoms with Gasteiger partial charge in [-0.3, -0.25) is 4.79 Å². The summed E-state index contributed by atoms with van der Waals surface area (Å²) in [5.41, 5.74) is 5.14. The fourth-order valence-electron chi connectivity index (χ4n) is 3.80. The Morgan fingerprint density at radius 2 is 1.56 bits per heavy atom. The molecule has 32 heavy (non-hydrogen) atoms. The van der Waals surface area contributed by atoms with Gasteiger partial charge in [0.05, 0.1) is 20.3 Å². The zero-order chi connectivity index (χ0) is 22.5. The molecule has 0 radical (unpaired) electrons. The van der Waals surface area contributed by atoms with Gasteiger partial charge in [0.15, 0.2) is 18.1 Å². The minimum atomic E-state index is -0.448. The van der Waals surface area contributed by atoms with Crippen molar-refractivity contribution in [1.82, 2.24) is 5.32 Å². The quantitative estimate of drug-likeness (QED) is 0.451. The van der Waals surface area contributed by atoms with Crippen molar-refractivity contribution in [2.45, 2.75) is 6.04 Å². The lowest BCUT2D eigenvalue weighted by atomic mass is 10.1. The molecule has 3 aromatic rings. The predicted molar refractivity (Wildman–Crippen MR) is 121 cm³/mol. The van der Waals surface area contributed by atoms with Crippen LogP contribution < -0.4 is 14.8 Å². The van der Waals surface area contributed by atoms with Crippen LogP contribution in [-0.4, -0.2) is 32.7 Å². The number of hydrogen-bond donors (Lipinski definition) is 1. The maximum atomic E-state index is 12.7. The van der Waals surface area contributed by atoms with Crippen molar-refractivity contribution in [2.24, 2.45) is 0 Å². The van der Waals surface area contributed by atoms with E-state index in [1.807, 2.05) is 36.4 Å². The Balaban J connectivity index is 1.45. The third kappa shape index (κ3) is 4.34. The molecule has 1 aliphatic carbocycles. The van der Waals surface area contributed by atoms with Crippen molar-refractivity contribution in [3.8, 4) is 22.6 Å². The number of rotatable bonds is 7. The second kappa shape index (κ2) is 9.39. The molecule has 0 fully saturated rings. The van der Waals surface area contributed by atoms with Gasteiger partial charge in [0.25, 0.3) is 5.91 Å². The SMILES string of the molecule is COC(=O)C=Cc1ccc(OCC(=O)NC2c3ccccc3-c3ccccc32)c(OC)c1. The molecule has 0 aromatic heterocycles. The molecule has 6 nitrogen and oxygen atoms in total. The van der Waals surface area contributed by atoms with Crippen LogP contribution in [0.1, 0.15) is 22.7 Å². The van der Waals surface area contributed by atoms with E-state index in [0.717, 1.165) is 27.8 Å². The number of hydrogen-bond acceptors (Lipinski definition) is 5. The number of carbonyl (C=O) groups excluding carboxylic acids is 2. The lowest BCUT2D eigenvalue weighted by Gasteiger charge is -2.17. The van der Waals surface area contributed by atoms with Crippen molar-refractivity contribution in [1.29, 1.82) is 0 Å². The summed E-state index contributed by atoms with van der Waals surface area (Å²) in [6, 6.07) is 21.1. The molecule has 0 heterocycles. The molecular weight excluding hydrogens is 406 g/mol. The topological polar surface area (TPSA) is 73.9 Å². The summed E-state index contributed by atoms with van der Waals surface area (Å²) >= 11 is 0. The third-order valence-corrected chi connectivity index (χ3v) is 5.30.